The molecule has 4 nitrogen and oxygen atoms in total. The Morgan fingerprint density at radius 1 is 1.19 bits per heavy atom. The van der Waals surface area contributed by atoms with Crippen LogP contribution in [0, 0.1) is 0 Å². The smallest absolute Gasteiger partial charge is 0.266 e. The van der Waals surface area contributed by atoms with Crippen LogP contribution in [0.4, 0.5) is 0 Å². The van der Waals surface area contributed by atoms with Gasteiger partial charge in [0.2, 0.25) is 0 Å². The number of carbonyl (C=O) groups excluding carboxylic acids is 1. The van der Waals surface area contributed by atoms with Crippen LogP contribution in [0.3, 0.4) is 0 Å². The summed E-state index contributed by atoms with van der Waals surface area (Å²) in [4.78, 5) is 27.2. The van der Waals surface area contributed by atoms with Crippen LogP contribution in [0.25, 0.3) is 12.2 Å². The average Bonchev–Trinajstić information content (AvgIpc) is 2.96. The van der Waals surface area contributed by atoms with Crippen molar-refractivity contribution in [2.24, 2.45) is 0 Å². The first-order valence-electron chi connectivity index (χ1n) is 8.01. The van der Waals surface area contributed by atoms with Gasteiger partial charge in [-0.2, -0.15) is 0 Å². The number of rotatable bonds is 5. The van der Waals surface area contributed by atoms with E-state index in [1.54, 1.807) is 30.3 Å². The fourth-order valence-corrected chi connectivity index (χ4v) is 3.37. The molecule has 3 aromatic rings. The van der Waals surface area contributed by atoms with Crippen LogP contribution in [0.2, 0.25) is 5.02 Å². The van der Waals surface area contributed by atoms with E-state index >= 15 is 0 Å². The molecule has 0 bridgehead atoms. The molecule has 3 rings (SSSR count). The van der Waals surface area contributed by atoms with Gasteiger partial charge in [-0.1, -0.05) is 29.8 Å². The number of ether oxygens (including phenoxy) is 1. The van der Waals surface area contributed by atoms with Crippen LogP contribution >= 0.6 is 22.9 Å². The molecule has 1 N–H and O–H groups in total. The van der Waals surface area contributed by atoms with E-state index in [4.69, 9.17) is 16.3 Å². The van der Waals surface area contributed by atoms with Crippen molar-refractivity contribution in [1.29, 1.82) is 0 Å². The number of hydrogen-bond donors (Lipinski definition) is 1. The number of carbonyl (C=O) groups is 1. The van der Waals surface area contributed by atoms with Gasteiger partial charge in [-0.05, 0) is 43.3 Å². The number of Topliss-reactive ketones (excluding diaryl/α,β-unsaturated/α-hetero) is 1. The predicted octanol–water partition coefficient (Wildman–Crippen LogP) is 2.98. The monoisotopic (exact) mass is 385 g/mol. The molecular formula is C20H16ClNO3S. The zero-order valence-electron chi connectivity index (χ0n) is 14.0. The first kappa shape index (κ1) is 18.2. The van der Waals surface area contributed by atoms with Gasteiger partial charge in [0.15, 0.2) is 5.78 Å². The standard InChI is InChI=1S/C20H16ClNO3S/c1-2-25-17-6-4-3-5-14(17)11-18-20(24)22-19(26-18)12-16(23)13-7-9-15(21)10-8-13/h3-12H,2H2,1H3,(H,22,24)/b18-11-,19-12-. The SMILES string of the molecule is CCOc1ccccc1/C=c1\s/c(=C\C(=O)c2ccc(Cl)cc2)[nH]c1=O. The van der Waals surface area contributed by atoms with E-state index in [2.05, 4.69) is 4.98 Å². The lowest BCUT2D eigenvalue weighted by Gasteiger charge is -2.05. The van der Waals surface area contributed by atoms with E-state index in [-0.39, 0.29) is 11.3 Å². The number of H-pyrrole nitrogens is 1. The zero-order chi connectivity index (χ0) is 18.5. The van der Waals surface area contributed by atoms with Crippen molar-refractivity contribution in [3.8, 4) is 5.75 Å². The maximum Gasteiger partial charge on any atom is 0.266 e. The molecule has 1 heterocycles. The Labute approximate surface area is 159 Å². The lowest BCUT2D eigenvalue weighted by atomic mass is 10.1. The number of halogens is 1. The minimum absolute atomic E-state index is 0.194. The van der Waals surface area contributed by atoms with Crippen LogP contribution < -0.4 is 19.5 Å². The molecule has 6 heteroatoms. The van der Waals surface area contributed by atoms with Gasteiger partial charge in [-0.15, -0.1) is 11.3 Å². The molecule has 0 saturated heterocycles. The molecule has 26 heavy (non-hydrogen) atoms. The number of ketones is 1. The summed E-state index contributed by atoms with van der Waals surface area (Å²) in [5, 5.41) is 0.566. The molecular weight excluding hydrogens is 370 g/mol. The number of benzene rings is 2. The number of hydrogen-bond acceptors (Lipinski definition) is 4. The summed E-state index contributed by atoms with van der Waals surface area (Å²) in [6.07, 6.45) is 3.18. The molecule has 0 radical (unpaired) electrons. The maximum absolute atomic E-state index is 12.3. The molecule has 0 spiro atoms. The first-order chi connectivity index (χ1) is 12.6. The summed E-state index contributed by atoms with van der Waals surface area (Å²) >= 11 is 7.06. The normalized spacial score (nSPS) is 12.4. The number of thiazole rings is 1. The Kier molecular flexibility index (Phi) is 5.71. The molecule has 0 aliphatic carbocycles. The molecule has 0 atom stereocenters. The Morgan fingerprint density at radius 2 is 1.92 bits per heavy atom. The summed E-state index contributed by atoms with van der Waals surface area (Å²) in [6.45, 7) is 2.45. The second kappa shape index (κ2) is 8.17. The summed E-state index contributed by atoms with van der Waals surface area (Å²) < 4.78 is 6.58. The largest absolute Gasteiger partial charge is 0.493 e. The van der Waals surface area contributed by atoms with Gasteiger partial charge < -0.3 is 9.72 Å². The minimum Gasteiger partial charge on any atom is -0.493 e. The molecule has 0 aliphatic rings. The van der Waals surface area contributed by atoms with E-state index in [9.17, 15) is 9.59 Å². The number of nitrogens with one attached hydrogen (secondary N) is 1. The molecule has 1 aromatic heterocycles. The predicted molar refractivity (Wildman–Crippen MR) is 106 cm³/mol. The number of aromatic nitrogens is 1. The Hall–Kier alpha value is -2.63. The van der Waals surface area contributed by atoms with Crippen molar-refractivity contribution in [1.82, 2.24) is 4.98 Å². The van der Waals surface area contributed by atoms with Crippen molar-refractivity contribution >= 4 is 40.9 Å². The Morgan fingerprint density at radius 3 is 2.65 bits per heavy atom. The molecule has 0 amide bonds. The fraction of sp³-hybridized carbons (Fsp3) is 0.100. The molecule has 2 aromatic carbocycles. The third-order valence-corrected chi connectivity index (χ3v) is 4.79. The van der Waals surface area contributed by atoms with Crippen LogP contribution in [0.5, 0.6) is 5.75 Å². The lowest BCUT2D eigenvalue weighted by molar-refractivity contribution is 0.106. The lowest BCUT2D eigenvalue weighted by Crippen LogP contribution is -2.20. The number of aromatic amines is 1. The van der Waals surface area contributed by atoms with Crippen LogP contribution in [0.1, 0.15) is 22.8 Å². The van der Waals surface area contributed by atoms with E-state index in [1.807, 2.05) is 31.2 Å². The highest BCUT2D eigenvalue weighted by Crippen LogP contribution is 2.18. The van der Waals surface area contributed by atoms with Crippen molar-refractivity contribution in [3.63, 3.8) is 0 Å². The zero-order valence-corrected chi connectivity index (χ0v) is 15.6. The Bertz CT molecular complexity index is 1100. The van der Waals surface area contributed by atoms with Gasteiger partial charge in [0.1, 0.15) is 5.75 Å². The van der Waals surface area contributed by atoms with Crippen molar-refractivity contribution in [3.05, 3.63) is 84.2 Å². The molecule has 0 aliphatic heterocycles. The second-order valence-corrected chi connectivity index (χ2v) is 6.94. The topological polar surface area (TPSA) is 59.2 Å². The molecule has 132 valence electrons. The van der Waals surface area contributed by atoms with Gasteiger partial charge in [-0.3, -0.25) is 9.59 Å². The molecule has 0 fully saturated rings. The van der Waals surface area contributed by atoms with Gasteiger partial charge in [0.05, 0.1) is 15.8 Å². The summed E-state index contributed by atoms with van der Waals surface area (Å²) in [6, 6.07) is 14.1. The van der Waals surface area contributed by atoms with E-state index in [0.717, 1.165) is 5.56 Å². The maximum atomic E-state index is 12.3. The third-order valence-electron chi connectivity index (χ3n) is 3.58. The van der Waals surface area contributed by atoms with Gasteiger partial charge in [0.25, 0.3) is 5.56 Å². The van der Waals surface area contributed by atoms with Crippen molar-refractivity contribution in [2.75, 3.05) is 6.61 Å². The quantitative estimate of drug-likeness (QED) is 0.687. The summed E-state index contributed by atoms with van der Waals surface area (Å²) in [7, 11) is 0. The molecule has 0 saturated carbocycles. The number of para-hydroxylation sites is 1. The fourth-order valence-electron chi connectivity index (χ4n) is 2.37. The van der Waals surface area contributed by atoms with Gasteiger partial charge >= 0.3 is 0 Å². The highest BCUT2D eigenvalue weighted by Gasteiger charge is 2.04. The highest BCUT2D eigenvalue weighted by atomic mass is 35.5. The highest BCUT2D eigenvalue weighted by molar-refractivity contribution is 7.07. The minimum atomic E-state index is -0.239. The van der Waals surface area contributed by atoms with Crippen LogP contribution in [-0.4, -0.2) is 17.4 Å². The second-order valence-electron chi connectivity index (χ2n) is 5.42. The van der Waals surface area contributed by atoms with Crippen molar-refractivity contribution < 1.29 is 9.53 Å². The third kappa shape index (κ3) is 4.31. The Balaban J connectivity index is 1.98. The van der Waals surface area contributed by atoms with Crippen molar-refractivity contribution in [2.45, 2.75) is 6.92 Å². The summed E-state index contributed by atoms with van der Waals surface area (Å²) in [5.41, 5.74) is 1.09. The van der Waals surface area contributed by atoms with Gasteiger partial charge in [-0.25, -0.2) is 0 Å². The van der Waals surface area contributed by atoms with Gasteiger partial charge in [0, 0.05) is 22.2 Å². The van der Waals surface area contributed by atoms with Crippen LogP contribution in [0.15, 0.2) is 53.3 Å². The van der Waals surface area contributed by atoms with E-state index < -0.39 is 0 Å². The van der Waals surface area contributed by atoms with E-state index in [0.29, 0.717) is 32.1 Å². The average molecular weight is 386 g/mol. The van der Waals surface area contributed by atoms with Crippen LogP contribution in [-0.2, 0) is 0 Å². The first-order valence-corrected chi connectivity index (χ1v) is 9.20. The van der Waals surface area contributed by atoms with E-state index in [1.165, 1.54) is 17.4 Å². The summed E-state index contributed by atoms with van der Waals surface area (Å²) in [5.74, 6) is 0.519. The molecule has 0 unspecified atom stereocenters.